The summed E-state index contributed by atoms with van der Waals surface area (Å²) in [7, 11) is -2.58. The summed E-state index contributed by atoms with van der Waals surface area (Å²) in [5.74, 6) is 0.833. The van der Waals surface area contributed by atoms with Crippen LogP contribution in [0.2, 0.25) is 0 Å². The van der Waals surface area contributed by atoms with Gasteiger partial charge in [-0.05, 0) is 23.4 Å². The van der Waals surface area contributed by atoms with Gasteiger partial charge in [0.15, 0.2) is 5.82 Å². The van der Waals surface area contributed by atoms with Gasteiger partial charge in [0.25, 0.3) is 0 Å². The zero-order chi connectivity index (χ0) is 31.4. The Balaban J connectivity index is 1.14. The third-order valence-corrected chi connectivity index (χ3v) is 9.06. The number of hydrogen-bond donors (Lipinski definition) is 3. The number of hydrogen-bond acceptors (Lipinski definition) is 12. The summed E-state index contributed by atoms with van der Waals surface area (Å²) < 4.78 is 43.2. The van der Waals surface area contributed by atoms with E-state index >= 15 is 0 Å². The van der Waals surface area contributed by atoms with Crippen molar-refractivity contribution in [3.8, 4) is 11.6 Å². The number of nitrogens with two attached hydrogens (primary N) is 1. The number of fused-ring (bicyclic) bond motifs is 2. The summed E-state index contributed by atoms with van der Waals surface area (Å²) in [5, 5.41) is 7.59. The second kappa shape index (κ2) is 13.3. The van der Waals surface area contributed by atoms with Gasteiger partial charge in [0, 0.05) is 11.3 Å². The highest BCUT2D eigenvalue weighted by atomic mass is 31.2. The van der Waals surface area contributed by atoms with Crippen LogP contribution in [-0.2, 0) is 30.0 Å². The SMILES string of the molecule is COc1nc(N)nc2c1NCN2C1OC(COP(=O)(NCC(=O)OCc2ccccc2)Oc2cccc3ccccc23)CC1C. The molecule has 13 nitrogen and oxygen atoms in total. The molecule has 0 bridgehead atoms. The third-order valence-electron chi connectivity index (χ3n) is 7.58. The first-order valence-electron chi connectivity index (χ1n) is 14.6. The number of rotatable bonds is 12. The van der Waals surface area contributed by atoms with E-state index in [0.29, 0.717) is 36.2 Å². The zero-order valence-electron chi connectivity index (χ0n) is 24.9. The molecule has 45 heavy (non-hydrogen) atoms. The molecule has 0 aliphatic carbocycles. The van der Waals surface area contributed by atoms with Crippen molar-refractivity contribution >= 4 is 41.9 Å². The van der Waals surface area contributed by atoms with E-state index in [4.69, 9.17) is 29.0 Å². The molecular weight excluding hydrogens is 599 g/mol. The van der Waals surface area contributed by atoms with E-state index in [0.717, 1.165) is 16.3 Å². The molecule has 0 radical (unpaired) electrons. The average Bonchev–Trinajstić information content (AvgIpc) is 3.64. The summed E-state index contributed by atoms with van der Waals surface area (Å²) in [5.41, 5.74) is 7.39. The number of nitrogens with zero attached hydrogens (tertiary/aromatic N) is 3. The Morgan fingerprint density at radius 1 is 1.11 bits per heavy atom. The Morgan fingerprint density at radius 3 is 2.71 bits per heavy atom. The van der Waals surface area contributed by atoms with Crippen molar-refractivity contribution in [2.75, 3.05) is 42.9 Å². The predicted octanol–water partition coefficient (Wildman–Crippen LogP) is 4.70. The highest BCUT2D eigenvalue weighted by molar-refractivity contribution is 7.52. The van der Waals surface area contributed by atoms with Crippen LogP contribution >= 0.6 is 7.75 Å². The topological polar surface area (TPSA) is 159 Å². The predicted molar refractivity (Wildman–Crippen MR) is 169 cm³/mol. The van der Waals surface area contributed by atoms with E-state index in [1.54, 1.807) is 12.1 Å². The van der Waals surface area contributed by atoms with Gasteiger partial charge in [0.1, 0.15) is 30.8 Å². The van der Waals surface area contributed by atoms with E-state index < -0.39 is 26.4 Å². The summed E-state index contributed by atoms with van der Waals surface area (Å²) in [6.45, 7) is 2.11. The van der Waals surface area contributed by atoms with E-state index in [1.807, 2.05) is 65.6 Å². The lowest BCUT2D eigenvalue weighted by molar-refractivity contribution is -0.143. The van der Waals surface area contributed by atoms with Gasteiger partial charge < -0.3 is 34.7 Å². The van der Waals surface area contributed by atoms with Gasteiger partial charge in [-0.15, -0.1) is 0 Å². The van der Waals surface area contributed by atoms with Gasteiger partial charge in [0.05, 0.1) is 26.5 Å². The molecule has 6 rings (SSSR count). The number of ether oxygens (including phenoxy) is 3. The van der Waals surface area contributed by atoms with Crippen LogP contribution in [0, 0.1) is 5.92 Å². The zero-order valence-corrected chi connectivity index (χ0v) is 25.8. The Hall–Kier alpha value is -4.42. The van der Waals surface area contributed by atoms with Gasteiger partial charge in [-0.3, -0.25) is 9.32 Å². The van der Waals surface area contributed by atoms with Gasteiger partial charge >= 0.3 is 13.7 Å². The maximum absolute atomic E-state index is 14.2. The van der Waals surface area contributed by atoms with Crippen molar-refractivity contribution in [3.05, 3.63) is 78.4 Å². The molecule has 0 amide bonds. The number of carbonyl (C=O) groups is 1. The number of nitrogens with one attached hydrogen (secondary N) is 2. The number of aromatic nitrogens is 2. The largest absolute Gasteiger partial charge is 0.479 e. The second-order valence-electron chi connectivity index (χ2n) is 10.8. The van der Waals surface area contributed by atoms with Crippen LogP contribution in [0.4, 0.5) is 17.5 Å². The molecule has 4 aromatic rings. The van der Waals surface area contributed by atoms with Crippen LogP contribution < -0.4 is 30.3 Å². The van der Waals surface area contributed by atoms with Crippen molar-refractivity contribution in [1.29, 1.82) is 0 Å². The number of methoxy groups -OCH3 is 1. The number of carbonyl (C=O) groups excluding carboxylic acids is 1. The number of benzene rings is 3. The standard InChI is InChI=1S/C31H35N6O7P/c1-20-15-23(43-30(20)37-19-33-27-28(37)35-31(32)36-29(27)40-2)18-42-45(39,34-16-26(38)41-17-21-9-4-3-5-10-21)44-25-14-8-12-22-11-6-7-13-24(22)25/h3-14,20,23,30,33H,15-19H2,1-2H3,(H,34,39)(H2,32,35,36). The van der Waals surface area contributed by atoms with Crippen LogP contribution in [0.3, 0.4) is 0 Å². The molecule has 0 saturated carbocycles. The summed E-state index contributed by atoms with van der Waals surface area (Å²) in [4.78, 5) is 23.1. The van der Waals surface area contributed by atoms with Crippen LogP contribution in [-0.4, -0.2) is 55.2 Å². The van der Waals surface area contributed by atoms with Crippen molar-refractivity contribution in [1.82, 2.24) is 15.1 Å². The Kier molecular flexibility index (Phi) is 9.04. The molecular formula is C31H35N6O7P. The minimum absolute atomic E-state index is 0.0572. The molecule has 4 unspecified atom stereocenters. The Labute approximate surface area is 260 Å². The number of nitrogen functional groups attached to an aromatic ring is 1. The molecule has 2 aliphatic heterocycles. The molecule has 4 N–H and O–H groups in total. The highest BCUT2D eigenvalue weighted by Crippen LogP contribution is 2.47. The van der Waals surface area contributed by atoms with Crippen molar-refractivity contribution < 1.29 is 32.6 Å². The second-order valence-corrected chi connectivity index (χ2v) is 12.6. The van der Waals surface area contributed by atoms with E-state index in [-0.39, 0.29) is 31.3 Å². The fourth-order valence-electron chi connectivity index (χ4n) is 5.45. The minimum atomic E-state index is -4.09. The quantitative estimate of drug-likeness (QED) is 0.146. The average molecular weight is 635 g/mol. The highest BCUT2D eigenvalue weighted by Gasteiger charge is 2.42. The van der Waals surface area contributed by atoms with Gasteiger partial charge in [-0.1, -0.05) is 73.7 Å². The first-order chi connectivity index (χ1) is 21.8. The lowest BCUT2D eigenvalue weighted by atomic mass is 10.1. The normalized spacial score (nSPS) is 20.3. The third kappa shape index (κ3) is 6.97. The van der Waals surface area contributed by atoms with Crippen molar-refractivity contribution in [2.45, 2.75) is 32.3 Å². The summed E-state index contributed by atoms with van der Waals surface area (Å²) in [6, 6.07) is 22.3. The molecule has 0 spiro atoms. The fourth-order valence-corrected chi connectivity index (χ4v) is 6.76. The fraction of sp³-hybridized carbons (Fsp3) is 0.323. The first kappa shape index (κ1) is 30.6. The molecule has 3 heterocycles. The van der Waals surface area contributed by atoms with Crippen molar-refractivity contribution in [2.24, 2.45) is 5.92 Å². The molecule has 1 aromatic heterocycles. The van der Waals surface area contributed by atoms with Crippen LogP contribution in [0.5, 0.6) is 11.6 Å². The summed E-state index contributed by atoms with van der Waals surface area (Å²) in [6.07, 6.45) is -0.182. The smallest absolute Gasteiger partial charge is 0.459 e. The van der Waals surface area contributed by atoms with Gasteiger partial charge in [-0.2, -0.15) is 9.97 Å². The van der Waals surface area contributed by atoms with E-state index in [1.165, 1.54) is 7.11 Å². The van der Waals surface area contributed by atoms with Crippen LogP contribution in [0.25, 0.3) is 10.8 Å². The lowest BCUT2D eigenvalue weighted by Gasteiger charge is -2.28. The molecule has 14 heteroatoms. The first-order valence-corrected chi connectivity index (χ1v) is 16.1. The molecule has 1 fully saturated rings. The van der Waals surface area contributed by atoms with Crippen molar-refractivity contribution in [3.63, 3.8) is 0 Å². The Morgan fingerprint density at radius 2 is 1.89 bits per heavy atom. The monoisotopic (exact) mass is 634 g/mol. The van der Waals surface area contributed by atoms with Gasteiger partial charge in [0.2, 0.25) is 11.8 Å². The molecule has 2 aliphatic rings. The number of anilines is 3. The number of esters is 1. The molecule has 4 atom stereocenters. The summed E-state index contributed by atoms with van der Waals surface area (Å²) >= 11 is 0. The van der Waals surface area contributed by atoms with Crippen LogP contribution in [0.15, 0.2) is 72.8 Å². The van der Waals surface area contributed by atoms with Gasteiger partial charge in [-0.25, -0.2) is 9.65 Å². The lowest BCUT2D eigenvalue weighted by Crippen LogP contribution is -2.39. The molecule has 3 aromatic carbocycles. The van der Waals surface area contributed by atoms with E-state index in [9.17, 15) is 9.36 Å². The maximum Gasteiger partial charge on any atom is 0.459 e. The molecule has 236 valence electrons. The molecule has 1 saturated heterocycles. The minimum Gasteiger partial charge on any atom is -0.479 e. The van der Waals surface area contributed by atoms with Crippen LogP contribution in [0.1, 0.15) is 18.9 Å². The Bertz CT molecular complexity index is 1710. The maximum atomic E-state index is 14.2. The van der Waals surface area contributed by atoms with E-state index in [2.05, 4.69) is 27.3 Å².